The van der Waals surface area contributed by atoms with E-state index in [1.165, 1.54) is 0 Å². The Hall–Kier alpha value is -3.14. The van der Waals surface area contributed by atoms with Crippen LogP contribution in [0.1, 0.15) is 38.2 Å². The number of morpholine rings is 1. The number of benzene rings is 2. The highest BCUT2D eigenvalue weighted by Crippen LogP contribution is 2.50. The second-order valence-electron chi connectivity index (χ2n) is 9.59. The van der Waals surface area contributed by atoms with E-state index in [1.807, 2.05) is 29.3 Å². The summed E-state index contributed by atoms with van der Waals surface area (Å²) in [6.07, 6.45) is 1.19. The first-order chi connectivity index (χ1) is 15.4. The molecule has 6 heteroatoms. The average molecular weight is 429 g/mol. The molecule has 1 aliphatic carbocycles. The zero-order valence-corrected chi connectivity index (χ0v) is 18.6. The fourth-order valence-corrected chi connectivity index (χ4v) is 5.38. The molecule has 2 aromatic rings. The molecule has 0 spiro atoms. The molecule has 0 radical (unpaired) electrons. The number of nitrogens with zero attached hydrogens (tertiary/aromatic N) is 3. The maximum atomic E-state index is 13.7. The van der Waals surface area contributed by atoms with E-state index in [9.17, 15) is 10.1 Å². The van der Waals surface area contributed by atoms with Crippen LogP contribution in [-0.2, 0) is 9.53 Å². The molecule has 2 heterocycles. The molecule has 0 aromatic heterocycles. The number of hydrazine groups is 1. The van der Waals surface area contributed by atoms with Crippen molar-refractivity contribution in [2.45, 2.75) is 32.6 Å². The van der Waals surface area contributed by atoms with Crippen LogP contribution >= 0.6 is 0 Å². The summed E-state index contributed by atoms with van der Waals surface area (Å²) in [7, 11) is 0. The van der Waals surface area contributed by atoms with Gasteiger partial charge in [-0.3, -0.25) is 9.80 Å². The van der Waals surface area contributed by atoms with Gasteiger partial charge in [-0.15, -0.1) is 0 Å². The number of ether oxygens (including phenoxy) is 1. The fraction of sp³-hybridized carbons (Fsp3) is 0.385. The molecule has 32 heavy (non-hydrogen) atoms. The van der Waals surface area contributed by atoms with Crippen molar-refractivity contribution in [3.63, 3.8) is 0 Å². The van der Waals surface area contributed by atoms with Crippen molar-refractivity contribution in [3.05, 3.63) is 70.7 Å². The van der Waals surface area contributed by atoms with E-state index in [0.29, 0.717) is 44.1 Å². The van der Waals surface area contributed by atoms with Gasteiger partial charge in [0.1, 0.15) is 5.82 Å². The van der Waals surface area contributed by atoms with Gasteiger partial charge in [-0.1, -0.05) is 56.3 Å². The van der Waals surface area contributed by atoms with Crippen molar-refractivity contribution >= 4 is 16.6 Å². The van der Waals surface area contributed by atoms with Crippen LogP contribution in [0.2, 0.25) is 0 Å². The topological polar surface area (TPSA) is 82.6 Å². The average Bonchev–Trinajstić information content (AvgIpc) is 2.78. The Bertz CT molecular complexity index is 1190. The SMILES string of the molecule is CC1(C)CC(=O)C2=C(C1)N(N1CCOCC1)C(N)=C(C#N)C2c1cccc2ccccc12. The molecule has 1 atom stereocenters. The standard InChI is InChI=1S/C26H28N4O2/c1-26(2)14-21-24(22(31)15-26)23(19-9-5-7-17-6-3-4-8-18(17)19)20(16-27)25(28)30(21)29-10-12-32-13-11-29/h3-9,23H,10-15,28H2,1-2H3. The van der Waals surface area contributed by atoms with Crippen molar-refractivity contribution in [2.75, 3.05) is 26.3 Å². The zero-order valence-electron chi connectivity index (χ0n) is 18.6. The van der Waals surface area contributed by atoms with Crippen molar-refractivity contribution in [1.29, 1.82) is 5.26 Å². The van der Waals surface area contributed by atoms with Gasteiger partial charge in [0.05, 0.1) is 30.8 Å². The lowest BCUT2D eigenvalue weighted by atomic mass is 9.68. The Morgan fingerprint density at radius 1 is 1.09 bits per heavy atom. The lowest BCUT2D eigenvalue weighted by molar-refractivity contribution is -0.119. The summed E-state index contributed by atoms with van der Waals surface area (Å²) < 4.78 is 5.54. The smallest absolute Gasteiger partial charge is 0.162 e. The first-order valence-corrected chi connectivity index (χ1v) is 11.2. The Labute approximate surface area is 188 Å². The fourth-order valence-electron chi connectivity index (χ4n) is 5.38. The molecule has 6 nitrogen and oxygen atoms in total. The third-order valence-corrected chi connectivity index (χ3v) is 6.76. The van der Waals surface area contributed by atoms with Gasteiger partial charge < -0.3 is 10.5 Å². The van der Waals surface area contributed by atoms with Gasteiger partial charge in [0.15, 0.2) is 5.78 Å². The molecular weight excluding hydrogens is 400 g/mol. The number of fused-ring (bicyclic) bond motifs is 1. The second-order valence-corrected chi connectivity index (χ2v) is 9.59. The van der Waals surface area contributed by atoms with Gasteiger partial charge in [-0.25, -0.2) is 5.01 Å². The minimum atomic E-state index is -0.456. The van der Waals surface area contributed by atoms with E-state index in [-0.39, 0.29) is 11.2 Å². The van der Waals surface area contributed by atoms with Gasteiger partial charge in [0, 0.05) is 30.8 Å². The summed E-state index contributed by atoms with van der Waals surface area (Å²) in [5, 5.41) is 16.5. The van der Waals surface area contributed by atoms with E-state index in [1.54, 1.807) is 0 Å². The molecule has 5 rings (SSSR count). The number of rotatable bonds is 2. The number of ketones is 1. The Morgan fingerprint density at radius 3 is 2.56 bits per heavy atom. The number of nitrogens with two attached hydrogens (primary N) is 1. The molecule has 164 valence electrons. The first kappa shape index (κ1) is 20.7. The largest absolute Gasteiger partial charge is 0.383 e. The number of nitriles is 1. The second kappa shape index (κ2) is 7.77. The van der Waals surface area contributed by atoms with Crippen molar-refractivity contribution < 1.29 is 9.53 Å². The molecule has 1 fully saturated rings. The number of carbonyl (C=O) groups is 1. The summed E-state index contributed by atoms with van der Waals surface area (Å²) in [5.41, 5.74) is 9.62. The number of Topliss-reactive ketones (excluding diaryl/α,β-unsaturated/α-hetero) is 1. The Morgan fingerprint density at radius 2 is 1.81 bits per heavy atom. The van der Waals surface area contributed by atoms with Gasteiger partial charge in [0.2, 0.25) is 0 Å². The molecule has 3 aliphatic rings. The molecule has 2 N–H and O–H groups in total. The lowest BCUT2D eigenvalue weighted by Crippen LogP contribution is -2.53. The maximum absolute atomic E-state index is 13.7. The molecule has 0 bridgehead atoms. The van der Waals surface area contributed by atoms with Gasteiger partial charge in [-0.2, -0.15) is 5.26 Å². The number of hydrogen-bond donors (Lipinski definition) is 1. The Balaban J connectivity index is 1.77. The van der Waals surface area contributed by atoms with Crippen LogP contribution in [0.5, 0.6) is 0 Å². The van der Waals surface area contributed by atoms with E-state index in [4.69, 9.17) is 10.5 Å². The monoisotopic (exact) mass is 428 g/mol. The van der Waals surface area contributed by atoms with Crippen LogP contribution in [0.4, 0.5) is 0 Å². The van der Waals surface area contributed by atoms with Crippen molar-refractivity contribution in [1.82, 2.24) is 10.0 Å². The molecule has 0 saturated carbocycles. The normalized spacial score (nSPS) is 24.0. The maximum Gasteiger partial charge on any atom is 0.162 e. The molecule has 2 aliphatic heterocycles. The predicted octanol–water partition coefficient (Wildman–Crippen LogP) is 3.82. The first-order valence-electron chi connectivity index (χ1n) is 11.2. The van der Waals surface area contributed by atoms with Crippen molar-refractivity contribution in [2.24, 2.45) is 11.1 Å². The highest BCUT2D eigenvalue weighted by molar-refractivity contribution is 6.01. The highest BCUT2D eigenvalue weighted by Gasteiger charge is 2.46. The highest BCUT2D eigenvalue weighted by atomic mass is 16.5. The van der Waals surface area contributed by atoms with Crippen LogP contribution in [0.25, 0.3) is 10.8 Å². The van der Waals surface area contributed by atoms with Crippen molar-refractivity contribution in [3.8, 4) is 6.07 Å². The Kier molecular flexibility index (Phi) is 5.04. The summed E-state index contributed by atoms with van der Waals surface area (Å²) in [5.74, 6) is 0.0752. The minimum absolute atomic E-state index is 0.104. The van der Waals surface area contributed by atoms with Crippen LogP contribution in [0, 0.1) is 16.7 Å². The van der Waals surface area contributed by atoms with Crippen LogP contribution in [0.3, 0.4) is 0 Å². The third-order valence-electron chi connectivity index (χ3n) is 6.76. The minimum Gasteiger partial charge on any atom is -0.383 e. The quantitative estimate of drug-likeness (QED) is 0.783. The molecular formula is C26H28N4O2. The molecule has 0 amide bonds. The number of carbonyl (C=O) groups excluding carboxylic acids is 1. The van der Waals surface area contributed by atoms with E-state index >= 15 is 0 Å². The van der Waals surface area contributed by atoms with E-state index in [0.717, 1.165) is 34.0 Å². The van der Waals surface area contributed by atoms with Gasteiger partial charge in [-0.05, 0) is 28.2 Å². The van der Waals surface area contributed by atoms with Crippen LogP contribution in [-0.4, -0.2) is 42.1 Å². The number of hydrogen-bond acceptors (Lipinski definition) is 6. The van der Waals surface area contributed by atoms with Gasteiger partial charge in [0.25, 0.3) is 0 Å². The van der Waals surface area contributed by atoms with E-state index in [2.05, 4.69) is 43.1 Å². The number of allylic oxidation sites excluding steroid dienone is 3. The third kappa shape index (κ3) is 3.29. The zero-order chi connectivity index (χ0) is 22.5. The predicted molar refractivity (Wildman–Crippen MR) is 123 cm³/mol. The van der Waals surface area contributed by atoms with Crippen LogP contribution < -0.4 is 5.73 Å². The summed E-state index contributed by atoms with van der Waals surface area (Å²) in [6, 6.07) is 16.6. The molecule has 2 aromatic carbocycles. The molecule has 1 saturated heterocycles. The lowest BCUT2D eigenvalue weighted by Gasteiger charge is -2.48. The van der Waals surface area contributed by atoms with Gasteiger partial charge >= 0.3 is 0 Å². The summed E-state index contributed by atoms with van der Waals surface area (Å²) in [6.45, 7) is 6.78. The van der Waals surface area contributed by atoms with Crippen LogP contribution in [0.15, 0.2) is 65.1 Å². The van der Waals surface area contributed by atoms with E-state index < -0.39 is 5.92 Å². The summed E-state index contributed by atoms with van der Waals surface area (Å²) in [4.78, 5) is 13.7. The summed E-state index contributed by atoms with van der Waals surface area (Å²) >= 11 is 0. The molecule has 1 unspecified atom stereocenters.